The summed E-state index contributed by atoms with van der Waals surface area (Å²) in [4.78, 5) is 92.2. The number of benzene rings is 2. The molecule has 1 aromatic heterocycles. The zero-order valence-corrected chi connectivity index (χ0v) is 28.9. The van der Waals surface area contributed by atoms with Crippen LogP contribution in [0.2, 0.25) is 5.02 Å². The monoisotopic (exact) mass is 734 g/mol. The van der Waals surface area contributed by atoms with Crippen molar-refractivity contribution >= 4 is 58.8 Å². The molecule has 8 N–H and O–H groups in total. The highest BCUT2D eigenvalue weighted by Crippen LogP contribution is 2.14. The topological polar surface area (TPSA) is 237 Å². The van der Waals surface area contributed by atoms with E-state index >= 15 is 0 Å². The Labute approximate surface area is 303 Å². The van der Waals surface area contributed by atoms with Gasteiger partial charge in [-0.3, -0.25) is 39.1 Å². The lowest BCUT2D eigenvalue weighted by Crippen LogP contribution is -2.58. The average Bonchev–Trinajstić information content (AvgIpc) is 3.13. The van der Waals surface area contributed by atoms with Gasteiger partial charge in [-0.05, 0) is 53.4 Å². The van der Waals surface area contributed by atoms with Crippen LogP contribution in [0.3, 0.4) is 0 Å². The normalized spacial score (nSPS) is 15.5. The van der Waals surface area contributed by atoms with E-state index in [9.17, 15) is 38.7 Å². The maximum absolute atomic E-state index is 13.5. The van der Waals surface area contributed by atoms with Gasteiger partial charge in [-0.1, -0.05) is 41.9 Å². The molecule has 0 spiro atoms. The number of hydrogen-bond donors (Lipinski definition) is 8. The van der Waals surface area contributed by atoms with Crippen LogP contribution in [-0.2, 0) is 48.0 Å². The molecule has 1 fully saturated rings. The number of aliphatic hydroxyl groups is 1. The first-order chi connectivity index (χ1) is 24.9. The molecule has 1 saturated heterocycles. The largest absolute Gasteiger partial charge is 0.394 e. The van der Waals surface area contributed by atoms with Crippen LogP contribution in [-0.4, -0.2) is 89.4 Å². The number of aryl methyl sites for hydroxylation is 1. The van der Waals surface area contributed by atoms with Crippen molar-refractivity contribution in [3.05, 3.63) is 94.8 Å². The van der Waals surface area contributed by atoms with Crippen molar-refractivity contribution in [3.63, 3.8) is 0 Å². The van der Waals surface area contributed by atoms with Gasteiger partial charge in [0, 0.05) is 49.4 Å². The fourth-order valence-electron chi connectivity index (χ4n) is 5.22. The Hall–Kier alpha value is -5.87. The SMILES string of the molecule is CNC(=O)C(Cc1ccc(NC(=O)[C@@H]2CC(=O)NC(=O)N2)cc1)NC(=O)[C@H](CO)NC(=O)[C@@H](Cc1cccnc1)NC(=O)CCc1ccc(Cl)cc1. The number of anilines is 1. The van der Waals surface area contributed by atoms with E-state index in [0.29, 0.717) is 28.3 Å². The third kappa shape index (κ3) is 11.9. The van der Waals surface area contributed by atoms with Gasteiger partial charge in [0.2, 0.25) is 35.4 Å². The molecule has 52 heavy (non-hydrogen) atoms. The molecule has 1 aliphatic heterocycles. The number of carbonyl (C=O) groups is 7. The summed E-state index contributed by atoms with van der Waals surface area (Å²) in [6.07, 6.45) is 3.40. The number of aliphatic hydroxyl groups excluding tert-OH is 1. The Morgan fingerprint density at radius 2 is 1.48 bits per heavy atom. The fourth-order valence-corrected chi connectivity index (χ4v) is 5.34. The predicted octanol–water partition coefficient (Wildman–Crippen LogP) is -0.118. The summed E-state index contributed by atoms with van der Waals surface area (Å²) < 4.78 is 0. The molecule has 1 unspecified atom stereocenters. The van der Waals surface area contributed by atoms with Crippen molar-refractivity contribution in [1.82, 2.24) is 36.9 Å². The molecule has 274 valence electrons. The van der Waals surface area contributed by atoms with Crippen LogP contribution >= 0.6 is 11.6 Å². The molecule has 2 aromatic carbocycles. The second-order valence-electron chi connectivity index (χ2n) is 11.9. The number of nitrogens with zero attached hydrogens (tertiary/aromatic N) is 1. The molecular formula is C35H39ClN8O8. The molecule has 0 saturated carbocycles. The number of carbonyl (C=O) groups excluding carboxylic acids is 7. The smallest absolute Gasteiger partial charge is 0.322 e. The van der Waals surface area contributed by atoms with Gasteiger partial charge in [0.05, 0.1) is 13.0 Å². The second kappa shape index (κ2) is 18.9. The summed E-state index contributed by atoms with van der Waals surface area (Å²) in [5.74, 6) is -3.72. The van der Waals surface area contributed by atoms with E-state index in [1.54, 1.807) is 73.1 Å². The van der Waals surface area contributed by atoms with E-state index in [-0.39, 0.29) is 25.7 Å². The molecule has 3 aromatic rings. The Balaban J connectivity index is 1.37. The molecular weight excluding hydrogens is 696 g/mol. The van der Waals surface area contributed by atoms with Crippen molar-refractivity contribution in [2.75, 3.05) is 19.0 Å². The molecule has 16 nitrogen and oxygen atoms in total. The number of urea groups is 1. The highest BCUT2D eigenvalue weighted by Gasteiger charge is 2.31. The van der Waals surface area contributed by atoms with Crippen molar-refractivity contribution in [3.8, 4) is 0 Å². The van der Waals surface area contributed by atoms with Gasteiger partial charge in [-0.25, -0.2) is 4.79 Å². The third-order valence-electron chi connectivity index (χ3n) is 7.99. The lowest BCUT2D eigenvalue weighted by Gasteiger charge is -2.24. The first-order valence-electron chi connectivity index (χ1n) is 16.3. The number of aromatic nitrogens is 1. The Morgan fingerprint density at radius 3 is 2.12 bits per heavy atom. The minimum Gasteiger partial charge on any atom is -0.394 e. The third-order valence-corrected chi connectivity index (χ3v) is 8.24. The van der Waals surface area contributed by atoms with Gasteiger partial charge in [-0.2, -0.15) is 0 Å². The maximum atomic E-state index is 13.5. The number of amides is 8. The minimum atomic E-state index is -1.47. The van der Waals surface area contributed by atoms with Gasteiger partial charge < -0.3 is 37.0 Å². The van der Waals surface area contributed by atoms with Crippen LogP contribution < -0.4 is 37.2 Å². The zero-order chi connectivity index (χ0) is 37.6. The summed E-state index contributed by atoms with van der Waals surface area (Å²) in [7, 11) is 1.38. The van der Waals surface area contributed by atoms with Crippen LogP contribution in [0.25, 0.3) is 0 Å². The molecule has 2 heterocycles. The molecule has 1 aliphatic rings. The van der Waals surface area contributed by atoms with Crippen LogP contribution in [0.4, 0.5) is 10.5 Å². The summed E-state index contributed by atoms with van der Waals surface area (Å²) in [6.45, 7) is -0.806. The number of rotatable bonds is 16. The minimum absolute atomic E-state index is 0.00209. The molecule has 8 amide bonds. The molecule has 17 heteroatoms. The average molecular weight is 735 g/mol. The second-order valence-corrected chi connectivity index (χ2v) is 12.3. The number of imide groups is 1. The predicted molar refractivity (Wildman–Crippen MR) is 189 cm³/mol. The molecule has 0 radical (unpaired) electrons. The molecule has 0 bridgehead atoms. The van der Waals surface area contributed by atoms with Crippen LogP contribution in [0.15, 0.2) is 73.1 Å². The highest BCUT2D eigenvalue weighted by molar-refractivity contribution is 6.30. The van der Waals surface area contributed by atoms with E-state index in [0.717, 1.165) is 5.56 Å². The fraction of sp³-hybridized carbons (Fsp3) is 0.314. The number of nitrogens with one attached hydrogen (secondary N) is 7. The number of hydrogen-bond acceptors (Lipinski definition) is 9. The van der Waals surface area contributed by atoms with Crippen molar-refractivity contribution in [2.45, 2.75) is 56.3 Å². The standard InChI is InChI=1S/C35H39ClN8O8/c1-37-31(48)25(15-21-6-11-24(12-7-21)39-32(49)27-17-30(47)44-35(52)43-27)41-34(51)28(19-45)42-33(50)26(16-22-3-2-14-38-18-22)40-29(46)13-8-20-4-9-23(36)10-5-20/h2-7,9-12,14,18,25-28,45H,8,13,15-17,19H2,1H3,(H,37,48)(H,39,49)(H,40,46)(H,41,51)(H,42,50)(H2,43,44,47,52)/t25?,26-,27+,28+/m1/s1. The van der Waals surface area contributed by atoms with Crippen LogP contribution in [0.1, 0.15) is 29.5 Å². The lowest BCUT2D eigenvalue weighted by molar-refractivity contribution is -0.134. The number of likely N-dealkylation sites (N-methyl/N-ethyl adjacent to an activating group) is 1. The van der Waals surface area contributed by atoms with Gasteiger partial charge in [0.1, 0.15) is 24.2 Å². The highest BCUT2D eigenvalue weighted by atomic mass is 35.5. The summed E-state index contributed by atoms with van der Waals surface area (Å²) >= 11 is 5.94. The molecule has 4 atom stereocenters. The van der Waals surface area contributed by atoms with Gasteiger partial charge in [0.25, 0.3) is 0 Å². The van der Waals surface area contributed by atoms with Gasteiger partial charge >= 0.3 is 6.03 Å². The van der Waals surface area contributed by atoms with Crippen LogP contribution in [0, 0.1) is 0 Å². The van der Waals surface area contributed by atoms with Crippen molar-refractivity contribution < 1.29 is 38.7 Å². The number of pyridine rings is 1. The van der Waals surface area contributed by atoms with E-state index in [2.05, 4.69) is 36.9 Å². The van der Waals surface area contributed by atoms with Crippen molar-refractivity contribution in [1.29, 1.82) is 0 Å². The number of halogens is 1. The Morgan fingerprint density at radius 1 is 0.846 bits per heavy atom. The summed E-state index contributed by atoms with van der Waals surface area (Å²) in [5.41, 5.74) is 2.46. The van der Waals surface area contributed by atoms with Gasteiger partial charge in [-0.15, -0.1) is 0 Å². The van der Waals surface area contributed by atoms with Crippen molar-refractivity contribution in [2.24, 2.45) is 0 Å². The molecule has 0 aliphatic carbocycles. The van der Waals surface area contributed by atoms with Crippen LogP contribution in [0.5, 0.6) is 0 Å². The Bertz CT molecular complexity index is 1740. The first kappa shape index (κ1) is 38.9. The van der Waals surface area contributed by atoms with E-state index in [1.165, 1.54) is 7.05 Å². The summed E-state index contributed by atoms with van der Waals surface area (Å²) in [6, 6.07) is 11.2. The lowest BCUT2D eigenvalue weighted by atomic mass is 10.0. The summed E-state index contributed by atoms with van der Waals surface area (Å²) in [5, 5.41) is 27.9. The molecule has 4 rings (SSSR count). The quantitative estimate of drug-likeness (QED) is 0.0978. The Kier molecular flexibility index (Phi) is 14.2. The zero-order valence-electron chi connectivity index (χ0n) is 28.1. The maximum Gasteiger partial charge on any atom is 0.322 e. The van der Waals surface area contributed by atoms with E-state index in [4.69, 9.17) is 11.6 Å². The van der Waals surface area contributed by atoms with Gasteiger partial charge in [0.15, 0.2) is 0 Å². The van der Waals surface area contributed by atoms with E-state index < -0.39 is 72.2 Å². The first-order valence-corrected chi connectivity index (χ1v) is 16.7. The van der Waals surface area contributed by atoms with E-state index in [1.807, 2.05) is 5.32 Å².